The van der Waals surface area contributed by atoms with Crippen LogP contribution in [0.1, 0.15) is 0 Å². The number of nitrogens with zero attached hydrogens (tertiary/aromatic N) is 2. The lowest BCUT2D eigenvalue weighted by Crippen LogP contribution is -1.94. The molecule has 0 saturated heterocycles. The first-order valence-corrected chi connectivity index (χ1v) is 5.69. The molecule has 0 unspecified atom stereocenters. The zero-order valence-electron chi connectivity index (χ0n) is 9.96. The number of nitro groups is 1. The van der Waals surface area contributed by atoms with Crippen LogP contribution in [0.15, 0.2) is 36.5 Å². The Labute approximate surface area is 114 Å². The van der Waals surface area contributed by atoms with Crippen LogP contribution in [0.25, 0.3) is 0 Å². The molecule has 0 bridgehead atoms. The Morgan fingerprint density at radius 2 is 2.16 bits per heavy atom. The molecule has 2 rings (SSSR count). The zero-order valence-corrected chi connectivity index (χ0v) is 10.7. The number of nitrogens with one attached hydrogen (secondary N) is 1. The van der Waals surface area contributed by atoms with Crippen molar-refractivity contribution in [2.24, 2.45) is 0 Å². The Hall–Kier alpha value is -2.34. The van der Waals surface area contributed by atoms with Crippen LogP contribution in [0.4, 0.5) is 17.1 Å². The third-order valence-electron chi connectivity index (χ3n) is 2.39. The van der Waals surface area contributed by atoms with Crippen LogP contribution in [0.5, 0.6) is 5.88 Å². The van der Waals surface area contributed by atoms with Crippen molar-refractivity contribution in [1.29, 1.82) is 0 Å². The number of non-ortho nitro benzene ring substituents is 1. The molecule has 19 heavy (non-hydrogen) atoms. The summed E-state index contributed by atoms with van der Waals surface area (Å²) in [6.45, 7) is 0. The molecule has 0 aliphatic carbocycles. The zero-order chi connectivity index (χ0) is 13.8. The van der Waals surface area contributed by atoms with Gasteiger partial charge in [0.2, 0.25) is 5.88 Å². The molecule has 0 spiro atoms. The summed E-state index contributed by atoms with van der Waals surface area (Å²) >= 11 is 5.97. The molecule has 7 heteroatoms. The number of pyridine rings is 1. The normalized spacial score (nSPS) is 10.0. The minimum absolute atomic E-state index is 0.0524. The van der Waals surface area contributed by atoms with Crippen LogP contribution in [0.2, 0.25) is 5.02 Å². The second-order valence-corrected chi connectivity index (χ2v) is 4.04. The van der Waals surface area contributed by atoms with Gasteiger partial charge in [-0.05, 0) is 12.1 Å². The molecule has 1 heterocycles. The lowest BCUT2D eigenvalue weighted by atomic mass is 10.2. The maximum absolute atomic E-state index is 10.6. The number of aromatic nitrogens is 1. The summed E-state index contributed by atoms with van der Waals surface area (Å²) in [4.78, 5) is 14.1. The van der Waals surface area contributed by atoms with Crippen LogP contribution in [0.3, 0.4) is 0 Å². The molecule has 0 aliphatic rings. The molecule has 1 N–H and O–H groups in total. The van der Waals surface area contributed by atoms with Crippen LogP contribution >= 0.6 is 11.6 Å². The fourth-order valence-corrected chi connectivity index (χ4v) is 1.67. The van der Waals surface area contributed by atoms with Crippen LogP contribution in [0, 0.1) is 10.1 Å². The predicted octanol–water partition coefficient (Wildman–Crippen LogP) is 3.40. The number of ether oxygens (including phenoxy) is 1. The first-order valence-electron chi connectivity index (χ1n) is 5.31. The van der Waals surface area contributed by atoms with Crippen LogP contribution in [-0.2, 0) is 0 Å². The van der Waals surface area contributed by atoms with Crippen LogP contribution < -0.4 is 10.1 Å². The van der Waals surface area contributed by atoms with Gasteiger partial charge in [-0.3, -0.25) is 10.1 Å². The third-order valence-corrected chi connectivity index (χ3v) is 2.70. The van der Waals surface area contributed by atoms with Gasteiger partial charge in [0.25, 0.3) is 5.69 Å². The summed E-state index contributed by atoms with van der Waals surface area (Å²) in [5, 5.41) is 13.9. The van der Waals surface area contributed by atoms with Crippen LogP contribution in [-0.4, -0.2) is 17.0 Å². The van der Waals surface area contributed by atoms with Gasteiger partial charge in [0, 0.05) is 18.2 Å². The van der Waals surface area contributed by atoms with Gasteiger partial charge in [-0.15, -0.1) is 0 Å². The van der Waals surface area contributed by atoms with Gasteiger partial charge in [-0.25, -0.2) is 4.98 Å². The van der Waals surface area contributed by atoms with Gasteiger partial charge in [-0.1, -0.05) is 11.6 Å². The molecule has 0 atom stereocenters. The average molecular weight is 280 g/mol. The molecule has 0 fully saturated rings. The highest BCUT2D eigenvalue weighted by atomic mass is 35.5. The Morgan fingerprint density at radius 3 is 2.68 bits per heavy atom. The largest absolute Gasteiger partial charge is 0.481 e. The highest BCUT2D eigenvalue weighted by molar-refractivity contribution is 6.33. The van der Waals surface area contributed by atoms with E-state index in [1.807, 2.05) is 0 Å². The molecular formula is C12H10ClN3O3. The van der Waals surface area contributed by atoms with E-state index in [0.717, 1.165) is 0 Å². The Bertz CT molecular complexity index is 602. The van der Waals surface area contributed by atoms with E-state index in [2.05, 4.69) is 10.3 Å². The number of benzene rings is 1. The van der Waals surface area contributed by atoms with Crippen molar-refractivity contribution in [3.63, 3.8) is 0 Å². The smallest absolute Gasteiger partial charge is 0.271 e. The first kappa shape index (κ1) is 13.1. The SMILES string of the molecule is COc1ccc(Nc2ccc([N+](=O)[O-])cc2Cl)cn1. The molecule has 0 saturated carbocycles. The van der Waals surface area contributed by atoms with E-state index in [1.54, 1.807) is 24.4 Å². The predicted molar refractivity (Wildman–Crippen MR) is 72.2 cm³/mol. The minimum Gasteiger partial charge on any atom is -0.481 e. The monoisotopic (exact) mass is 279 g/mol. The Balaban J connectivity index is 2.20. The van der Waals surface area contributed by atoms with E-state index < -0.39 is 4.92 Å². The number of halogens is 1. The summed E-state index contributed by atoms with van der Waals surface area (Å²) in [5.41, 5.74) is 1.22. The molecule has 6 nitrogen and oxygen atoms in total. The molecule has 0 radical (unpaired) electrons. The van der Waals surface area contributed by atoms with Crippen molar-refractivity contribution >= 4 is 28.7 Å². The van der Waals surface area contributed by atoms with Gasteiger partial charge >= 0.3 is 0 Å². The fraction of sp³-hybridized carbons (Fsp3) is 0.0833. The number of rotatable bonds is 4. The molecular weight excluding hydrogens is 270 g/mol. The van der Waals surface area contributed by atoms with Crippen molar-refractivity contribution in [1.82, 2.24) is 4.98 Å². The number of hydrogen-bond donors (Lipinski definition) is 1. The van der Waals surface area contributed by atoms with Gasteiger partial charge in [0.05, 0.1) is 34.6 Å². The van der Waals surface area contributed by atoms with Crippen molar-refractivity contribution in [2.75, 3.05) is 12.4 Å². The van der Waals surface area contributed by atoms with Crippen molar-refractivity contribution in [3.8, 4) is 5.88 Å². The van der Waals surface area contributed by atoms with E-state index in [0.29, 0.717) is 17.3 Å². The van der Waals surface area contributed by atoms with E-state index in [1.165, 1.54) is 19.2 Å². The molecule has 2 aromatic rings. The highest BCUT2D eigenvalue weighted by Gasteiger charge is 2.09. The van der Waals surface area contributed by atoms with E-state index in [9.17, 15) is 10.1 Å². The Kier molecular flexibility index (Phi) is 3.82. The van der Waals surface area contributed by atoms with Crippen molar-refractivity contribution < 1.29 is 9.66 Å². The lowest BCUT2D eigenvalue weighted by Gasteiger charge is -2.08. The number of methoxy groups -OCH3 is 1. The summed E-state index contributed by atoms with van der Waals surface area (Å²) in [6, 6.07) is 7.68. The third kappa shape index (κ3) is 3.11. The van der Waals surface area contributed by atoms with Gasteiger partial charge < -0.3 is 10.1 Å². The van der Waals surface area contributed by atoms with Gasteiger partial charge in [0.15, 0.2) is 0 Å². The second-order valence-electron chi connectivity index (χ2n) is 3.64. The summed E-state index contributed by atoms with van der Waals surface area (Å²) in [5.74, 6) is 0.500. The summed E-state index contributed by atoms with van der Waals surface area (Å²) < 4.78 is 4.95. The summed E-state index contributed by atoms with van der Waals surface area (Å²) in [6.07, 6.45) is 1.58. The summed E-state index contributed by atoms with van der Waals surface area (Å²) in [7, 11) is 1.53. The lowest BCUT2D eigenvalue weighted by molar-refractivity contribution is -0.384. The molecule has 1 aromatic heterocycles. The number of nitro benzene ring substituents is 1. The molecule has 0 aliphatic heterocycles. The Morgan fingerprint density at radius 1 is 1.37 bits per heavy atom. The van der Waals surface area contributed by atoms with Crippen molar-refractivity contribution in [2.45, 2.75) is 0 Å². The number of anilines is 2. The standard InChI is InChI=1S/C12H10ClN3O3/c1-19-12-5-2-8(7-14-12)15-11-4-3-9(16(17)18)6-10(11)13/h2-7,15H,1H3. The highest BCUT2D eigenvalue weighted by Crippen LogP contribution is 2.29. The minimum atomic E-state index is -0.495. The first-order chi connectivity index (χ1) is 9.10. The average Bonchev–Trinajstić information content (AvgIpc) is 2.41. The topological polar surface area (TPSA) is 77.3 Å². The maximum atomic E-state index is 10.6. The van der Waals surface area contributed by atoms with E-state index in [-0.39, 0.29) is 10.7 Å². The second kappa shape index (κ2) is 5.53. The quantitative estimate of drug-likeness (QED) is 0.685. The molecule has 98 valence electrons. The van der Waals surface area contributed by atoms with Gasteiger partial charge in [-0.2, -0.15) is 0 Å². The number of hydrogen-bond acceptors (Lipinski definition) is 5. The van der Waals surface area contributed by atoms with Gasteiger partial charge in [0.1, 0.15) is 0 Å². The van der Waals surface area contributed by atoms with E-state index in [4.69, 9.17) is 16.3 Å². The fourth-order valence-electron chi connectivity index (χ4n) is 1.45. The maximum Gasteiger partial charge on any atom is 0.271 e. The van der Waals surface area contributed by atoms with Crippen molar-refractivity contribution in [3.05, 3.63) is 51.7 Å². The molecule has 0 amide bonds. The molecule has 1 aromatic carbocycles. The van der Waals surface area contributed by atoms with E-state index >= 15 is 0 Å².